The van der Waals surface area contributed by atoms with E-state index in [0.29, 0.717) is 5.92 Å². The van der Waals surface area contributed by atoms with E-state index in [2.05, 4.69) is 34.6 Å². The van der Waals surface area contributed by atoms with Crippen molar-refractivity contribution in [3.63, 3.8) is 0 Å². The molecule has 0 aromatic heterocycles. The number of carbonyl (C=O) groups is 2. The van der Waals surface area contributed by atoms with Gasteiger partial charge < -0.3 is 14.2 Å². The van der Waals surface area contributed by atoms with Gasteiger partial charge in [-0.2, -0.15) is 0 Å². The predicted octanol–water partition coefficient (Wildman–Crippen LogP) is 4.99. The Bertz CT molecular complexity index is 674. The number of rotatable bonds is 3. The third-order valence-electron chi connectivity index (χ3n) is 7.53. The van der Waals surface area contributed by atoms with Crippen LogP contribution in [0.15, 0.2) is 11.1 Å². The Morgan fingerprint density at radius 2 is 1.57 bits per heavy atom. The molecule has 5 heteroatoms. The molecule has 5 unspecified atom stereocenters. The highest BCUT2D eigenvalue weighted by Gasteiger charge is 2.59. The lowest BCUT2D eigenvalue weighted by molar-refractivity contribution is -0.217. The van der Waals surface area contributed by atoms with E-state index in [4.69, 9.17) is 14.2 Å². The Balaban J connectivity index is 1.94. The molecule has 0 bridgehead atoms. The Kier molecular flexibility index (Phi) is 5.70. The number of fused-ring (bicyclic) bond motifs is 1. The van der Waals surface area contributed by atoms with Crippen molar-refractivity contribution in [3.05, 3.63) is 11.1 Å². The number of hydrogen-bond acceptors (Lipinski definition) is 5. The van der Waals surface area contributed by atoms with Gasteiger partial charge >= 0.3 is 11.9 Å². The normalized spacial score (nSPS) is 37.9. The molecule has 5 atom stereocenters. The van der Waals surface area contributed by atoms with E-state index in [-0.39, 0.29) is 34.6 Å². The number of carbonyl (C=O) groups excluding carboxylic acids is 2. The molecule has 5 nitrogen and oxygen atoms in total. The summed E-state index contributed by atoms with van der Waals surface area (Å²) in [6, 6.07) is 0. The van der Waals surface area contributed by atoms with Crippen LogP contribution in [0.2, 0.25) is 0 Å². The van der Waals surface area contributed by atoms with E-state index in [1.165, 1.54) is 38.7 Å². The number of allylic oxidation sites excluding steroid dienone is 2. The Morgan fingerprint density at radius 1 is 0.964 bits per heavy atom. The first-order valence-corrected chi connectivity index (χ1v) is 10.6. The van der Waals surface area contributed by atoms with E-state index in [0.717, 1.165) is 12.8 Å². The monoisotopic (exact) mass is 392 g/mol. The second kappa shape index (κ2) is 7.47. The van der Waals surface area contributed by atoms with E-state index < -0.39 is 12.6 Å². The zero-order chi connectivity index (χ0) is 20.9. The summed E-state index contributed by atoms with van der Waals surface area (Å²) in [4.78, 5) is 23.3. The highest BCUT2D eigenvalue weighted by molar-refractivity contribution is 5.66. The predicted molar refractivity (Wildman–Crippen MR) is 106 cm³/mol. The van der Waals surface area contributed by atoms with Crippen LogP contribution in [-0.4, -0.2) is 24.5 Å². The zero-order valence-electron chi connectivity index (χ0n) is 18.5. The maximum atomic E-state index is 11.7. The van der Waals surface area contributed by atoms with E-state index in [9.17, 15) is 9.59 Å². The van der Waals surface area contributed by atoms with Crippen LogP contribution in [0.4, 0.5) is 0 Å². The Hall–Kier alpha value is -1.36. The van der Waals surface area contributed by atoms with Gasteiger partial charge in [0.05, 0.1) is 0 Å². The van der Waals surface area contributed by atoms with Crippen molar-refractivity contribution in [3.8, 4) is 0 Å². The number of esters is 2. The largest absolute Gasteiger partial charge is 0.435 e. The molecule has 3 fully saturated rings. The lowest BCUT2D eigenvalue weighted by atomic mass is 9.56. The van der Waals surface area contributed by atoms with Gasteiger partial charge in [-0.25, -0.2) is 0 Å². The molecule has 1 heterocycles. The van der Waals surface area contributed by atoms with Crippen molar-refractivity contribution in [1.82, 2.24) is 0 Å². The van der Waals surface area contributed by atoms with Gasteiger partial charge in [-0.05, 0) is 55.8 Å². The van der Waals surface area contributed by atoms with Crippen molar-refractivity contribution in [2.75, 3.05) is 0 Å². The minimum absolute atomic E-state index is 0.000402. The molecule has 158 valence electrons. The fourth-order valence-corrected chi connectivity index (χ4v) is 6.33. The van der Waals surface area contributed by atoms with Gasteiger partial charge in [-0.1, -0.05) is 38.8 Å². The summed E-state index contributed by atoms with van der Waals surface area (Å²) in [6.07, 6.45) is 4.31. The third-order valence-corrected chi connectivity index (χ3v) is 7.53. The quantitative estimate of drug-likeness (QED) is 0.500. The maximum absolute atomic E-state index is 11.7. The molecular weight excluding hydrogens is 356 g/mol. The molecule has 2 aliphatic carbocycles. The van der Waals surface area contributed by atoms with Crippen LogP contribution in [0.1, 0.15) is 80.6 Å². The number of hydrogen-bond donors (Lipinski definition) is 0. The van der Waals surface area contributed by atoms with Gasteiger partial charge in [0, 0.05) is 25.7 Å². The van der Waals surface area contributed by atoms with E-state index in [1.54, 1.807) is 5.57 Å². The molecule has 0 aromatic carbocycles. The first-order valence-electron chi connectivity index (χ1n) is 10.6. The van der Waals surface area contributed by atoms with Crippen LogP contribution in [-0.2, 0) is 23.8 Å². The summed E-state index contributed by atoms with van der Waals surface area (Å²) in [5.74, 6) is -0.275. The summed E-state index contributed by atoms with van der Waals surface area (Å²) in [5.41, 5.74) is 3.24. The third kappa shape index (κ3) is 3.74. The van der Waals surface area contributed by atoms with Crippen LogP contribution in [0, 0.1) is 28.6 Å². The molecule has 0 N–H and O–H groups in total. The van der Waals surface area contributed by atoms with Gasteiger partial charge in [0.2, 0.25) is 12.6 Å². The summed E-state index contributed by atoms with van der Waals surface area (Å²) in [5, 5.41) is 0. The summed E-state index contributed by atoms with van der Waals surface area (Å²) in [6.45, 7) is 14.3. The van der Waals surface area contributed by atoms with Crippen molar-refractivity contribution in [2.24, 2.45) is 28.6 Å². The van der Waals surface area contributed by atoms with E-state index in [1.807, 2.05) is 0 Å². The molecule has 28 heavy (non-hydrogen) atoms. The van der Waals surface area contributed by atoms with Crippen LogP contribution in [0.5, 0.6) is 0 Å². The highest BCUT2D eigenvalue weighted by atomic mass is 16.8. The molecule has 0 aromatic rings. The molecule has 3 aliphatic rings. The van der Waals surface area contributed by atoms with Gasteiger partial charge in [-0.15, -0.1) is 0 Å². The van der Waals surface area contributed by atoms with E-state index >= 15 is 0 Å². The van der Waals surface area contributed by atoms with Crippen LogP contribution < -0.4 is 0 Å². The Labute approximate surface area is 169 Å². The standard InChI is InChI=1S/C23H36O5/c1-13(17-9-8-12-22(17,4)5)18-11-10-16-19(23(18,6)7)21(27-15(3)25)28-20(16)26-14(2)24/h16,18-21H,8-12H2,1-7H3. The van der Waals surface area contributed by atoms with Crippen molar-refractivity contribution >= 4 is 11.9 Å². The first kappa shape index (κ1) is 21.4. The Morgan fingerprint density at radius 3 is 2.11 bits per heavy atom. The second-order valence-corrected chi connectivity index (χ2v) is 10.1. The second-order valence-electron chi connectivity index (χ2n) is 10.1. The molecule has 1 aliphatic heterocycles. The summed E-state index contributed by atoms with van der Waals surface area (Å²) < 4.78 is 17.0. The lowest BCUT2D eigenvalue weighted by Gasteiger charge is -2.48. The zero-order valence-corrected chi connectivity index (χ0v) is 18.5. The van der Waals surface area contributed by atoms with Gasteiger partial charge in [0.1, 0.15) is 0 Å². The summed E-state index contributed by atoms with van der Waals surface area (Å²) >= 11 is 0. The molecule has 0 amide bonds. The smallest absolute Gasteiger partial charge is 0.304 e. The van der Waals surface area contributed by atoms with Gasteiger partial charge in [-0.3, -0.25) is 9.59 Å². The highest BCUT2D eigenvalue weighted by Crippen LogP contribution is 2.58. The fraction of sp³-hybridized carbons (Fsp3) is 0.826. The molecule has 2 saturated carbocycles. The van der Waals surface area contributed by atoms with Gasteiger partial charge in [0.15, 0.2) is 0 Å². The average molecular weight is 393 g/mol. The number of ether oxygens (including phenoxy) is 3. The van der Waals surface area contributed by atoms with Crippen LogP contribution in [0.3, 0.4) is 0 Å². The molecule has 0 spiro atoms. The van der Waals surface area contributed by atoms with Crippen molar-refractivity contribution in [1.29, 1.82) is 0 Å². The molecular formula is C23H36O5. The van der Waals surface area contributed by atoms with Crippen molar-refractivity contribution in [2.45, 2.75) is 93.2 Å². The fourth-order valence-electron chi connectivity index (χ4n) is 6.33. The van der Waals surface area contributed by atoms with Gasteiger partial charge in [0.25, 0.3) is 0 Å². The summed E-state index contributed by atoms with van der Waals surface area (Å²) in [7, 11) is 0. The first-order chi connectivity index (χ1) is 12.9. The molecule has 1 saturated heterocycles. The SMILES string of the molecule is CC(=O)OC1OC(OC(C)=O)C2C1CCC(C(C)=C1CCCC1(C)C)C2(C)C. The molecule has 0 radical (unpaired) electrons. The topological polar surface area (TPSA) is 61.8 Å². The molecule has 3 rings (SSSR count). The maximum Gasteiger partial charge on any atom is 0.304 e. The van der Waals surface area contributed by atoms with Crippen LogP contribution >= 0.6 is 0 Å². The van der Waals surface area contributed by atoms with Crippen molar-refractivity contribution < 1.29 is 23.8 Å². The minimum Gasteiger partial charge on any atom is -0.435 e. The van der Waals surface area contributed by atoms with Crippen LogP contribution in [0.25, 0.3) is 0 Å². The lowest BCUT2D eigenvalue weighted by Crippen LogP contribution is -2.46. The average Bonchev–Trinajstić information content (AvgIpc) is 3.06. The minimum atomic E-state index is -0.668.